The zero-order valence-corrected chi connectivity index (χ0v) is 12.1. The van der Waals surface area contributed by atoms with Crippen molar-refractivity contribution >= 4 is 15.8 Å². The maximum Gasteiger partial charge on any atom is 0.245 e. The maximum atomic E-state index is 12.1. The Morgan fingerprint density at radius 1 is 1.42 bits per heavy atom. The van der Waals surface area contributed by atoms with Gasteiger partial charge in [-0.15, -0.1) is 0 Å². The Morgan fingerprint density at radius 3 is 2.68 bits per heavy atom. The van der Waals surface area contributed by atoms with Crippen LogP contribution in [0.1, 0.15) is 38.5 Å². The Morgan fingerprint density at radius 2 is 2.11 bits per heavy atom. The highest BCUT2D eigenvalue weighted by molar-refractivity contribution is 7.89. The van der Waals surface area contributed by atoms with Gasteiger partial charge in [0.15, 0.2) is 5.82 Å². The summed E-state index contributed by atoms with van der Waals surface area (Å²) >= 11 is 0. The van der Waals surface area contributed by atoms with Crippen LogP contribution in [-0.2, 0) is 17.1 Å². The molecule has 3 N–H and O–H groups in total. The molecule has 0 radical (unpaired) electrons. The first kappa shape index (κ1) is 14.3. The predicted molar refractivity (Wildman–Crippen MR) is 74.0 cm³/mol. The van der Waals surface area contributed by atoms with Gasteiger partial charge in [-0.25, -0.2) is 13.1 Å². The summed E-state index contributed by atoms with van der Waals surface area (Å²) in [6, 6.07) is 0. The van der Waals surface area contributed by atoms with E-state index in [0.717, 1.165) is 6.42 Å². The van der Waals surface area contributed by atoms with Gasteiger partial charge in [0.2, 0.25) is 10.0 Å². The number of aryl methyl sites for hydroxylation is 1. The SMILES string of the molecule is Cn1cc(S(=O)(=O)NCCC2CCCCC2)c(N)n1. The summed E-state index contributed by atoms with van der Waals surface area (Å²) in [6.07, 6.45) is 8.62. The second-order valence-corrected chi connectivity index (χ2v) is 6.98. The van der Waals surface area contributed by atoms with Gasteiger partial charge in [0.05, 0.1) is 0 Å². The number of nitrogen functional groups attached to an aromatic ring is 1. The van der Waals surface area contributed by atoms with Crippen molar-refractivity contribution in [2.24, 2.45) is 13.0 Å². The number of rotatable bonds is 5. The van der Waals surface area contributed by atoms with Gasteiger partial charge < -0.3 is 5.73 Å². The van der Waals surface area contributed by atoms with E-state index in [1.165, 1.54) is 43.0 Å². The first-order valence-electron chi connectivity index (χ1n) is 6.78. The minimum Gasteiger partial charge on any atom is -0.381 e. The van der Waals surface area contributed by atoms with Crippen LogP contribution in [-0.4, -0.2) is 24.7 Å². The smallest absolute Gasteiger partial charge is 0.245 e. The lowest BCUT2D eigenvalue weighted by atomic mass is 9.87. The van der Waals surface area contributed by atoms with Gasteiger partial charge in [-0.1, -0.05) is 32.1 Å². The second kappa shape index (κ2) is 5.92. The third-order valence-electron chi connectivity index (χ3n) is 3.68. The summed E-state index contributed by atoms with van der Waals surface area (Å²) < 4.78 is 28.2. The lowest BCUT2D eigenvalue weighted by molar-refractivity contribution is 0.339. The number of nitrogens with two attached hydrogens (primary N) is 1. The molecule has 0 saturated heterocycles. The molecule has 0 unspecified atom stereocenters. The highest BCUT2D eigenvalue weighted by atomic mass is 32.2. The van der Waals surface area contributed by atoms with E-state index < -0.39 is 10.0 Å². The lowest BCUT2D eigenvalue weighted by Crippen LogP contribution is -2.27. The molecular formula is C12H22N4O2S. The number of aromatic nitrogens is 2. The Labute approximate surface area is 114 Å². The van der Waals surface area contributed by atoms with Gasteiger partial charge in [-0.2, -0.15) is 5.10 Å². The van der Waals surface area contributed by atoms with Crippen molar-refractivity contribution in [1.82, 2.24) is 14.5 Å². The summed E-state index contributed by atoms with van der Waals surface area (Å²) in [5.41, 5.74) is 5.59. The maximum absolute atomic E-state index is 12.1. The number of nitrogens with one attached hydrogen (secondary N) is 1. The van der Waals surface area contributed by atoms with Gasteiger partial charge >= 0.3 is 0 Å². The molecule has 1 aliphatic rings. The van der Waals surface area contributed by atoms with Crippen molar-refractivity contribution in [2.75, 3.05) is 12.3 Å². The molecule has 0 spiro atoms. The highest BCUT2D eigenvalue weighted by Crippen LogP contribution is 2.26. The monoisotopic (exact) mass is 286 g/mol. The van der Waals surface area contributed by atoms with Crippen LogP contribution in [0.25, 0.3) is 0 Å². The van der Waals surface area contributed by atoms with E-state index in [0.29, 0.717) is 12.5 Å². The molecule has 0 aliphatic heterocycles. The molecule has 6 nitrogen and oxygen atoms in total. The molecule has 19 heavy (non-hydrogen) atoms. The van der Waals surface area contributed by atoms with E-state index in [1.54, 1.807) is 7.05 Å². The Bertz CT molecular complexity index is 518. The normalized spacial score (nSPS) is 17.7. The van der Waals surface area contributed by atoms with E-state index >= 15 is 0 Å². The van der Waals surface area contributed by atoms with Crippen LogP contribution in [0.3, 0.4) is 0 Å². The molecule has 1 aliphatic carbocycles. The average molecular weight is 286 g/mol. The van der Waals surface area contributed by atoms with E-state index in [-0.39, 0.29) is 10.7 Å². The molecule has 108 valence electrons. The second-order valence-electron chi connectivity index (χ2n) is 5.24. The van der Waals surface area contributed by atoms with Crippen LogP contribution in [0.4, 0.5) is 5.82 Å². The summed E-state index contributed by atoms with van der Waals surface area (Å²) in [5.74, 6) is 0.704. The van der Waals surface area contributed by atoms with E-state index in [2.05, 4.69) is 9.82 Å². The van der Waals surface area contributed by atoms with Crippen LogP contribution in [0.15, 0.2) is 11.1 Å². The Kier molecular flexibility index (Phi) is 4.46. The van der Waals surface area contributed by atoms with Crippen molar-refractivity contribution in [2.45, 2.75) is 43.4 Å². The molecule has 2 rings (SSSR count). The molecule has 0 atom stereocenters. The quantitative estimate of drug-likeness (QED) is 0.852. The van der Waals surface area contributed by atoms with Crippen LogP contribution >= 0.6 is 0 Å². The minimum absolute atomic E-state index is 0.0488. The van der Waals surface area contributed by atoms with Gasteiger partial charge in [0, 0.05) is 19.8 Å². The lowest BCUT2D eigenvalue weighted by Gasteiger charge is -2.21. The van der Waals surface area contributed by atoms with Crippen LogP contribution in [0, 0.1) is 5.92 Å². The van der Waals surface area contributed by atoms with Crippen LogP contribution in [0.5, 0.6) is 0 Å². The van der Waals surface area contributed by atoms with E-state index in [1.807, 2.05) is 0 Å². The highest BCUT2D eigenvalue weighted by Gasteiger charge is 2.21. The fraction of sp³-hybridized carbons (Fsp3) is 0.750. The standard InChI is InChI=1S/C12H22N4O2S/c1-16-9-11(12(13)15-16)19(17,18)14-8-7-10-5-3-2-4-6-10/h9-10,14H,2-8H2,1H3,(H2,13,15). The minimum atomic E-state index is -3.53. The number of hydrogen-bond donors (Lipinski definition) is 2. The van der Waals surface area contributed by atoms with Crippen molar-refractivity contribution in [3.63, 3.8) is 0 Å². The summed E-state index contributed by atoms with van der Waals surface area (Å²) in [5, 5.41) is 3.85. The molecule has 0 aromatic carbocycles. The Hall–Kier alpha value is -1.08. The fourth-order valence-corrected chi connectivity index (χ4v) is 3.79. The number of hydrogen-bond acceptors (Lipinski definition) is 4. The molecule has 1 aromatic heterocycles. The zero-order chi connectivity index (χ0) is 13.9. The number of anilines is 1. The first-order valence-corrected chi connectivity index (χ1v) is 8.26. The Balaban J connectivity index is 1.89. The topological polar surface area (TPSA) is 90.0 Å². The largest absolute Gasteiger partial charge is 0.381 e. The molecule has 1 fully saturated rings. The van der Waals surface area contributed by atoms with Gasteiger partial charge in [0.1, 0.15) is 4.90 Å². The zero-order valence-electron chi connectivity index (χ0n) is 11.3. The molecule has 1 heterocycles. The number of nitrogens with zero attached hydrogens (tertiary/aromatic N) is 2. The molecule has 0 bridgehead atoms. The third kappa shape index (κ3) is 3.70. The first-order chi connectivity index (χ1) is 8.99. The summed E-state index contributed by atoms with van der Waals surface area (Å²) in [7, 11) is -1.88. The predicted octanol–water partition coefficient (Wildman–Crippen LogP) is 1.25. The van der Waals surface area contributed by atoms with E-state index in [4.69, 9.17) is 5.73 Å². The van der Waals surface area contributed by atoms with Gasteiger partial charge in [0.25, 0.3) is 0 Å². The third-order valence-corrected chi connectivity index (χ3v) is 5.16. The summed E-state index contributed by atoms with van der Waals surface area (Å²) in [4.78, 5) is 0.0682. The van der Waals surface area contributed by atoms with Crippen molar-refractivity contribution < 1.29 is 8.42 Å². The molecule has 1 saturated carbocycles. The molecular weight excluding hydrogens is 264 g/mol. The molecule has 7 heteroatoms. The van der Waals surface area contributed by atoms with Gasteiger partial charge in [-0.05, 0) is 12.3 Å². The van der Waals surface area contributed by atoms with E-state index in [9.17, 15) is 8.42 Å². The van der Waals surface area contributed by atoms with Crippen LogP contribution < -0.4 is 10.5 Å². The van der Waals surface area contributed by atoms with Crippen molar-refractivity contribution in [1.29, 1.82) is 0 Å². The van der Waals surface area contributed by atoms with Crippen molar-refractivity contribution in [3.8, 4) is 0 Å². The molecule has 1 aromatic rings. The van der Waals surface area contributed by atoms with Crippen LogP contribution in [0.2, 0.25) is 0 Å². The summed E-state index contributed by atoms with van der Waals surface area (Å²) in [6.45, 7) is 0.474. The molecule has 0 amide bonds. The van der Waals surface area contributed by atoms with Crippen molar-refractivity contribution in [3.05, 3.63) is 6.20 Å². The van der Waals surface area contributed by atoms with Gasteiger partial charge in [-0.3, -0.25) is 4.68 Å². The number of sulfonamides is 1. The average Bonchev–Trinajstić information content (AvgIpc) is 2.70. The fourth-order valence-electron chi connectivity index (χ4n) is 2.64.